The molecule has 0 aliphatic carbocycles. The molecule has 5 nitrogen and oxygen atoms in total. The Bertz CT molecular complexity index is 632. The second-order valence-corrected chi connectivity index (χ2v) is 4.73. The van der Waals surface area contributed by atoms with Crippen LogP contribution in [0, 0.1) is 13.8 Å². The van der Waals surface area contributed by atoms with Crippen LogP contribution in [0.3, 0.4) is 0 Å². The number of nitrogens with zero attached hydrogens (tertiary/aromatic N) is 2. The minimum absolute atomic E-state index is 0.00970. The summed E-state index contributed by atoms with van der Waals surface area (Å²) in [6.45, 7) is 4.34. The zero-order valence-electron chi connectivity index (χ0n) is 11.9. The van der Waals surface area contributed by atoms with E-state index >= 15 is 0 Å². The van der Waals surface area contributed by atoms with Gasteiger partial charge in [0.15, 0.2) is 0 Å². The highest BCUT2D eigenvalue weighted by atomic mass is 16.5. The number of carboxylic acid groups (broad SMARTS) is 1. The van der Waals surface area contributed by atoms with Crippen molar-refractivity contribution >= 4 is 5.97 Å². The molecule has 106 valence electrons. The lowest BCUT2D eigenvalue weighted by Crippen LogP contribution is -2.06. The third-order valence-corrected chi connectivity index (χ3v) is 3.33. The monoisotopic (exact) mass is 274 g/mol. The van der Waals surface area contributed by atoms with Gasteiger partial charge in [-0.1, -0.05) is 12.1 Å². The fraction of sp³-hybridized carbons (Fsp3) is 0.333. The average Bonchev–Trinajstić information content (AvgIpc) is 2.66. The molecule has 0 radical (unpaired) electrons. The number of rotatable bonds is 5. The van der Waals surface area contributed by atoms with Gasteiger partial charge in [-0.05, 0) is 31.5 Å². The van der Waals surface area contributed by atoms with Crippen molar-refractivity contribution in [2.75, 3.05) is 7.11 Å². The normalized spacial score (nSPS) is 10.6. The first kappa shape index (κ1) is 14.1. The molecule has 0 atom stereocenters. The van der Waals surface area contributed by atoms with Crippen molar-refractivity contribution in [2.45, 2.75) is 26.8 Å². The lowest BCUT2D eigenvalue weighted by atomic mass is 10.1. The zero-order chi connectivity index (χ0) is 14.7. The molecule has 2 aromatic rings. The third-order valence-electron chi connectivity index (χ3n) is 3.33. The molecular weight excluding hydrogens is 256 g/mol. The van der Waals surface area contributed by atoms with E-state index in [4.69, 9.17) is 9.84 Å². The summed E-state index contributed by atoms with van der Waals surface area (Å²) < 4.78 is 7.03. The number of carboxylic acids is 1. The summed E-state index contributed by atoms with van der Waals surface area (Å²) in [6, 6.07) is 7.77. The summed E-state index contributed by atoms with van der Waals surface area (Å²) in [5, 5.41) is 13.4. The van der Waals surface area contributed by atoms with Crippen LogP contribution in [0.5, 0.6) is 5.75 Å². The Morgan fingerprint density at radius 2 is 2.15 bits per heavy atom. The molecule has 0 bridgehead atoms. The summed E-state index contributed by atoms with van der Waals surface area (Å²) in [6.07, 6.45) is 0.00970. The fourth-order valence-electron chi connectivity index (χ4n) is 2.24. The first-order chi connectivity index (χ1) is 9.51. The molecule has 0 saturated carbocycles. The van der Waals surface area contributed by atoms with E-state index in [1.807, 2.05) is 42.8 Å². The summed E-state index contributed by atoms with van der Waals surface area (Å²) in [5.74, 6) is -0.0353. The topological polar surface area (TPSA) is 64.4 Å². The highest BCUT2D eigenvalue weighted by Gasteiger charge is 2.14. The van der Waals surface area contributed by atoms with Crippen LogP contribution in [0.4, 0.5) is 0 Å². The van der Waals surface area contributed by atoms with E-state index in [0.717, 1.165) is 28.3 Å². The predicted octanol–water partition coefficient (Wildman–Crippen LogP) is 2.18. The van der Waals surface area contributed by atoms with Crippen LogP contribution in [-0.4, -0.2) is 28.0 Å². The Balaban J connectivity index is 2.27. The summed E-state index contributed by atoms with van der Waals surface area (Å²) in [7, 11) is 1.63. The standard InChI is InChI=1S/C15H18N2O3/c1-10-14(8-15(18)19)11(2)17(16-10)9-12-5-4-6-13(7-12)20-3/h4-7H,8-9H2,1-3H3,(H,18,19). The quantitative estimate of drug-likeness (QED) is 0.907. The molecule has 0 unspecified atom stereocenters. The summed E-state index contributed by atoms with van der Waals surface area (Å²) in [5.41, 5.74) is 3.53. The molecule has 1 aromatic heterocycles. The van der Waals surface area contributed by atoms with Crippen molar-refractivity contribution in [1.82, 2.24) is 9.78 Å². The van der Waals surface area contributed by atoms with E-state index in [-0.39, 0.29) is 6.42 Å². The highest BCUT2D eigenvalue weighted by Crippen LogP contribution is 2.18. The molecule has 1 N–H and O–H groups in total. The van der Waals surface area contributed by atoms with Gasteiger partial charge in [-0.3, -0.25) is 9.48 Å². The number of methoxy groups -OCH3 is 1. The van der Waals surface area contributed by atoms with E-state index in [2.05, 4.69) is 5.10 Å². The summed E-state index contributed by atoms with van der Waals surface area (Å²) in [4.78, 5) is 10.9. The SMILES string of the molecule is COc1cccc(Cn2nc(C)c(CC(=O)O)c2C)c1. The van der Waals surface area contributed by atoms with Crippen molar-refractivity contribution in [2.24, 2.45) is 0 Å². The van der Waals surface area contributed by atoms with Crippen LogP contribution >= 0.6 is 0 Å². The number of hydrogen-bond acceptors (Lipinski definition) is 3. The van der Waals surface area contributed by atoms with Gasteiger partial charge in [-0.25, -0.2) is 0 Å². The molecule has 1 heterocycles. The van der Waals surface area contributed by atoms with Gasteiger partial charge in [-0.15, -0.1) is 0 Å². The molecule has 20 heavy (non-hydrogen) atoms. The van der Waals surface area contributed by atoms with Crippen molar-refractivity contribution in [3.8, 4) is 5.75 Å². The largest absolute Gasteiger partial charge is 0.497 e. The Kier molecular flexibility index (Phi) is 4.08. The van der Waals surface area contributed by atoms with Crippen LogP contribution in [0.25, 0.3) is 0 Å². The van der Waals surface area contributed by atoms with E-state index in [9.17, 15) is 4.79 Å². The van der Waals surface area contributed by atoms with Gasteiger partial charge >= 0.3 is 5.97 Å². The first-order valence-electron chi connectivity index (χ1n) is 6.39. The number of aliphatic carboxylic acids is 1. The third kappa shape index (κ3) is 2.99. The first-order valence-corrected chi connectivity index (χ1v) is 6.39. The number of carbonyl (C=O) groups is 1. The number of ether oxygens (including phenoxy) is 1. The van der Waals surface area contributed by atoms with Gasteiger partial charge in [0.1, 0.15) is 5.75 Å². The van der Waals surface area contributed by atoms with Crippen LogP contribution in [0.2, 0.25) is 0 Å². The maximum atomic E-state index is 10.9. The Hall–Kier alpha value is -2.30. The second kappa shape index (κ2) is 5.77. The maximum absolute atomic E-state index is 10.9. The molecular formula is C15H18N2O3. The van der Waals surface area contributed by atoms with Crippen molar-refractivity contribution in [3.63, 3.8) is 0 Å². The van der Waals surface area contributed by atoms with E-state index in [1.165, 1.54) is 0 Å². The van der Waals surface area contributed by atoms with Gasteiger partial charge in [0.25, 0.3) is 0 Å². The van der Waals surface area contributed by atoms with Crippen LogP contribution in [-0.2, 0) is 17.8 Å². The second-order valence-electron chi connectivity index (χ2n) is 4.73. The minimum Gasteiger partial charge on any atom is -0.497 e. The van der Waals surface area contributed by atoms with Gasteiger partial charge in [0.2, 0.25) is 0 Å². The molecule has 0 amide bonds. The molecule has 1 aromatic carbocycles. The average molecular weight is 274 g/mol. The number of aryl methyl sites for hydroxylation is 1. The van der Waals surface area contributed by atoms with Gasteiger partial charge in [-0.2, -0.15) is 5.10 Å². The lowest BCUT2D eigenvalue weighted by molar-refractivity contribution is -0.136. The smallest absolute Gasteiger partial charge is 0.307 e. The van der Waals surface area contributed by atoms with Crippen molar-refractivity contribution in [1.29, 1.82) is 0 Å². The van der Waals surface area contributed by atoms with Crippen LogP contribution in [0.15, 0.2) is 24.3 Å². The molecule has 0 aliphatic rings. The Morgan fingerprint density at radius 3 is 2.80 bits per heavy atom. The molecule has 2 rings (SSSR count). The lowest BCUT2D eigenvalue weighted by Gasteiger charge is -2.07. The number of hydrogen-bond donors (Lipinski definition) is 1. The molecule has 5 heteroatoms. The van der Waals surface area contributed by atoms with Crippen LogP contribution in [0.1, 0.15) is 22.5 Å². The molecule has 0 saturated heterocycles. The summed E-state index contributed by atoms with van der Waals surface area (Å²) >= 11 is 0. The Morgan fingerprint density at radius 1 is 1.40 bits per heavy atom. The zero-order valence-corrected chi connectivity index (χ0v) is 11.9. The molecule has 0 aliphatic heterocycles. The number of aromatic nitrogens is 2. The number of benzene rings is 1. The molecule has 0 spiro atoms. The van der Waals surface area contributed by atoms with Gasteiger partial charge in [0.05, 0.1) is 25.8 Å². The van der Waals surface area contributed by atoms with Gasteiger partial charge in [0, 0.05) is 11.3 Å². The maximum Gasteiger partial charge on any atom is 0.307 e. The minimum atomic E-state index is -0.836. The highest BCUT2D eigenvalue weighted by molar-refractivity contribution is 5.70. The predicted molar refractivity (Wildman–Crippen MR) is 75.1 cm³/mol. The molecule has 0 fully saturated rings. The van der Waals surface area contributed by atoms with E-state index in [1.54, 1.807) is 7.11 Å². The van der Waals surface area contributed by atoms with E-state index in [0.29, 0.717) is 6.54 Å². The van der Waals surface area contributed by atoms with Crippen molar-refractivity contribution in [3.05, 3.63) is 46.8 Å². The van der Waals surface area contributed by atoms with Crippen molar-refractivity contribution < 1.29 is 14.6 Å². The van der Waals surface area contributed by atoms with Crippen LogP contribution < -0.4 is 4.74 Å². The Labute approximate surface area is 117 Å². The van der Waals surface area contributed by atoms with E-state index < -0.39 is 5.97 Å². The fourth-order valence-corrected chi connectivity index (χ4v) is 2.24. The van der Waals surface area contributed by atoms with Gasteiger partial charge < -0.3 is 9.84 Å².